The molecule has 0 spiro atoms. The predicted molar refractivity (Wildman–Crippen MR) is 91.2 cm³/mol. The van der Waals surface area contributed by atoms with E-state index in [0.717, 1.165) is 19.4 Å². The average molecular weight is 339 g/mol. The van der Waals surface area contributed by atoms with E-state index in [0.29, 0.717) is 13.1 Å². The van der Waals surface area contributed by atoms with Gasteiger partial charge in [-0.1, -0.05) is 0 Å². The first kappa shape index (κ1) is 18.4. The van der Waals surface area contributed by atoms with Crippen molar-refractivity contribution in [2.45, 2.75) is 45.3 Å². The van der Waals surface area contributed by atoms with Crippen LogP contribution in [0.5, 0.6) is 0 Å². The average Bonchev–Trinajstić information content (AvgIpc) is 2.48. The van der Waals surface area contributed by atoms with E-state index >= 15 is 0 Å². The van der Waals surface area contributed by atoms with Gasteiger partial charge in [0.25, 0.3) is 5.56 Å². The van der Waals surface area contributed by atoms with Gasteiger partial charge in [0, 0.05) is 25.3 Å². The number of pyridine rings is 1. The first-order chi connectivity index (χ1) is 11.3. The number of likely N-dealkylation sites (tertiary alicyclic amines) is 1. The molecule has 1 aromatic heterocycles. The molecule has 1 aliphatic heterocycles. The minimum atomic E-state index is -0.653. The lowest BCUT2D eigenvalue weighted by molar-refractivity contribution is 0.0635. The summed E-state index contributed by atoms with van der Waals surface area (Å²) >= 11 is 0. The first-order valence-electron chi connectivity index (χ1n) is 8.29. The van der Waals surface area contributed by atoms with Crippen LogP contribution in [0.3, 0.4) is 0 Å². The molecule has 2 rings (SSSR count). The maximum absolute atomic E-state index is 12.6. The lowest BCUT2D eigenvalue weighted by Gasteiger charge is -2.33. The van der Waals surface area contributed by atoms with Gasteiger partial charge in [-0.15, -0.1) is 0 Å². The third-order valence-corrected chi connectivity index (χ3v) is 3.88. The van der Waals surface area contributed by atoms with Crippen molar-refractivity contribution in [2.24, 2.45) is 0 Å². The van der Waals surface area contributed by atoms with Crippen molar-refractivity contribution >= 4 is 11.8 Å². The molecule has 1 aromatic rings. The molecule has 2 heterocycles. The molecule has 0 unspecified atom stereocenters. The number of hydrogen-bond acceptors (Lipinski definition) is 4. The Morgan fingerprint density at radius 1 is 1.46 bits per heavy atom. The summed E-state index contributed by atoms with van der Waals surface area (Å²) < 4.78 is 19.4. The Kier molecular flexibility index (Phi) is 5.99. The number of piperidine rings is 1. The number of amides is 1. The summed E-state index contributed by atoms with van der Waals surface area (Å²) in [5, 5.41) is 2.51. The number of nitrogens with one attached hydrogen (secondary N) is 1. The van der Waals surface area contributed by atoms with Gasteiger partial charge in [0.15, 0.2) is 0 Å². The molecule has 1 atom stereocenters. The highest BCUT2D eigenvalue weighted by atomic mass is 19.1. The summed E-state index contributed by atoms with van der Waals surface area (Å²) in [6, 6.07) is 3.27. The number of hydrogen-bond donors (Lipinski definition) is 1. The van der Waals surface area contributed by atoms with Crippen LogP contribution in [0.15, 0.2) is 23.1 Å². The Hall–Kier alpha value is -1.89. The van der Waals surface area contributed by atoms with Crippen LogP contribution in [0.4, 0.5) is 14.9 Å². The van der Waals surface area contributed by atoms with Crippen molar-refractivity contribution in [3.63, 3.8) is 0 Å². The van der Waals surface area contributed by atoms with Crippen LogP contribution in [0, 0.1) is 0 Å². The van der Waals surface area contributed by atoms with Crippen molar-refractivity contribution < 1.29 is 13.9 Å². The Morgan fingerprint density at radius 3 is 2.88 bits per heavy atom. The number of nitrogens with zero attached hydrogens (tertiary/aromatic N) is 2. The van der Waals surface area contributed by atoms with Crippen molar-refractivity contribution in [1.82, 2.24) is 9.47 Å². The number of anilines is 1. The Balaban J connectivity index is 2.13. The molecule has 0 aliphatic carbocycles. The molecule has 134 valence electrons. The molecular weight excluding hydrogens is 313 g/mol. The van der Waals surface area contributed by atoms with Gasteiger partial charge in [0.2, 0.25) is 0 Å². The summed E-state index contributed by atoms with van der Waals surface area (Å²) in [4.78, 5) is 26.5. The minimum absolute atomic E-state index is 0.0156. The fraction of sp³-hybridized carbons (Fsp3) is 0.647. The van der Waals surface area contributed by atoms with E-state index in [1.807, 2.05) is 4.90 Å². The number of halogens is 1. The number of carbonyl (C=O) groups excluding carboxylic acids is 1. The largest absolute Gasteiger partial charge is 0.444 e. The molecule has 1 amide bonds. The highest BCUT2D eigenvalue weighted by molar-refractivity contribution is 5.84. The number of carbonyl (C=O) groups is 1. The monoisotopic (exact) mass is 339 g/mol. The van der Waals surface area contributed by atoms with E-state index in [1.165, 1.54) is 0 Å². The molecular formula is C17H26FN3O3. The van der Waals surface area contributed by atoms with Crippen molar-refractivity contribution in [1.29, 1.82) is 0 Å². The number of ether oxygens (including phenoxy) is 1. The van der Waals surface area contributed by atoms with Crippen LogP contribution in [-0.4, -0.2) is 47.5 Å². The second-order valence-electron chi connectivity index (χ2n) is 7.05. The van der Waals surface area contributed by atoms with E-state index in [4.69, 9.17) is 4.74 Å². The summed E-state index contributed by atoms with van der Waals surface area (Å²) in [6.07, 6.45) is 2.84. The number of aromatic nitrogens is 1. The molecule has 1 fully saturated rings. The van der Waals surface area contributed by atoms with Crippen molar-refractivity contribution in [2.75, 3.05) is 31.6 Å². The van der Waals surface area contributed by atoms with E-state index in [-0.39, 0.29) is 24.0 Å². The first-order valence-corrected chi connectivity index (χ1v) is 8.29. The van der Waals surface area contributed by atoms with Crippen LogP contribution in [0.25, 0.3) is 0 Å². The number of rotatable bonds is 4. The lowest BCUT2D eigenvalue weighted by atomic mass is 10.1. The summed E-state index contributed by atoms with van der Waals surface area (Å²) in [5.74, 6) is 0. The molecule has 6 nitrogen and oxygen atoms in total. The Bertz CT molecular complexity index is 622. The molecule has 0 aromatic carbocycles. The SMILES string of the molecule is CC(C)(C)OC(=O)Nc1cccn([C@@H]2CCCN(CCF)C2)c1=O. The van der Waals surface area contributed by atoms with E-state index in [1.54, 1.807) is 43.7 Å². The normalized spacial score (nSPS) is 19.1. The lowest BCUT2D eigenvalue weighted by Crippen LogP contribution is -2.41. The van der Waals surface area contributed by atoms with Gasteiger partial charge >= 0.3 is 6.09 Å². The molecule has 7 heteroatoms. The molecule has 1 saturated heterocycles. The maximum atomic E-state index is 12.6. The fourth-order valence-corrected chi connectivity index (χ4v) is 2.89. The summed E-state index contributed by atoms with van der Waals surface area (Å²) in [7, 11) is 0. The van der Waals surface area contributed by atoms with E-state index < -0.39 is 11.7 Å². The van der Waals surface area contributed by atoms with Crippen LogP contribution in [0.2, 0.25) is 0 Å². The molecule has 0 bridgehead atoms. The van der Waals surface area contributed by atoms with Crippen LogP contribution in [0.1, 0.15) is 39.7 Å². The summed E-state index contributed by atoms with van der Waals surface area (Å²) in [6.45, 7) is 6.78. The second kappa shape index (κ2) is 7.79. The third-order valence-electron chi connectivity index (χ3n) is 3.88. The molecule has 1 N–H and O–H groups in total. The van der Waals surface area contributed by atoms with Gasteiger partial charge in [-0.3, -0.25) is 15.0 Å². The van der Waals surface area contributed by atoms with E-state index in [9.17, 15) is 14.0 Å². The minimum Gasteiger partial charge on any atom is -0.444 e. The van der Waals surface area contributed by atoms with Crippen LogP contribution in [-0.2, 0) is 4.74 Å². The zero-order valence-corrected chi connectivity index (χ0v) is 14.5. The predicted octanol–water partition coefficient (Wildman–Crippen LogP) is 2.80. The quantitative estimate of drug-likeness (QED) is 0.916. The summed E-state index contributed by atoms with van der Waals surface area (Å²) in [5.41, 5.74) is -0.710. The zero-order chi connectivity index (χ0) is 17.7. The van der Waals surface area contributed by atoms with Crippen molar-refractivity contribution in [3.05, 3.63) is 28.7 Å². The van der Waals surface area contributed by atoms with Crippen molar-refractivity contribution in [3.8, 4) is 0 Å². The van der Waals surface area contributed by atoms with Gasteiger partial charge in [-0.2, -0.15) is 0 Å². The van der Waals surface area contributed by atoms with Gasteiger partial charge in [0.05, 0.1) is 0 Å². The van der Waals surface area contributed by atoms with Gasteiger partial charge in [0.1, 0.15) is 18.0 Å². The van der Waals surface area contributed by atoms with Crippen LogP contribution < -0.4 is 10.9 Å². The highest BCUT2D eigenvalue weighted by Crippen LogP contribution is 2.20. The second-order valence-corrected chi connectivity index (χ2v) is 7.05. The third kappa shape index (κ3) is 5.06. The smallest absolute Gasteiger partial charge is 0.412 e. The Labute approximate surface area is 141 Å². The van der Waals surface area contributed by atoms with E-state index in [2.05, 4.69) is 5.32 Å². The van der Waals surface area contributed by atoms with Gasteiger partial charge < -0.3 is 9.30 Å². The number of alkyl halides is 1. The highest BCUT2D eigenvalue weighted by Gasteiger charge is 2.23. The zero-order valence-electron chi connectivity index (χ0n) is 14.5. The Morgan fingerprint density at radius 2 is 2.21 bits per heavy atom. The molecule has 0 radical (unpaired) electrons. The van der Waals surface area contributed by atoms with Gasteiger partial charge in [-0.25, -0.2) is 9.18 Å². The molecule has 1 aliphatic rings. The molecule has 0 saturated carbocycles. The molecule has 24 heavy (non-hydrogen) atoms. The standard InChI is InChI=1S/C17H26FN3O3/c1-17(2,3)24-16(23)19-14-7-5-10-21(15(14)22)13-6-4-9-20(12-13)11-8-18/h5,7,10,13H,4,6,8-9,11-12H2,1-3H3,(H,19,23)/t13-/m1/s1. The topological polar surface area (TPSA) is 63.6 Å². The van der Waals surface area contributed by atoms with Gasteiger partial charge in [-0.05, 0) is 52.3 Å². The fourth-order valence-electron chi connectivity index (χ4n) is 2.89. The van der Waals surface area contributed by atoms with Crippen LogP contribution >= 0.6 is 0 Å². The maximum Gasteiger partial charge on any atom is 0.412 e.